The molecule has 2 aromatic carbocycles. The number of rotatable bonds is 2. The van der Waals surface area contributed by atoms with Crippen molar-refractivity contribution in [2.24, 2.45) is 5.73 Å². The predicted molar refractivity (Wildman–Crippen MR) is 77.3 cm³/mol. The van der Waals surface area contributed by atoms with E-state index in [4.69, 9.17) is 5.73 Å². The molecule has 0 bridgehead atoms. The van der Waals surface area contributed by atoms with Crippen LogP contribution >= 0.6 is 11.8 Å². The van der Waals surface area contributed by atoms with Crippen LogP contribution in [0.25, 0.3) is 0 Å². The van der Waals surface area contributed by atoms with Gasteiger partial charge in [0.1, 0.15) is 6.04 Å². The summed E-state index contributed by atoms with van der Waals surface area (Å²) in [5.74, 6) is -0.0446. The van der Waals surface area contributed by atoms with Crippen molar-refractivity contribution in [2.45, 2.75) is 15.8 Å². The SMILES string of the molecule is CN1C(=O)C(N)c2ccc(Sc3ccccc3)cc21. The second kappa shape index (κ2) is 4.72. The van der Waals surface area contributed by atoms with Crippen molar-refractivity contribution in [3.8, 4) is 0 Å². The van der Waals surface area contributed by atoms with E-state index >= 15 is 0 Å². The Morgan fingerprint density at radius 3 is 2.58 bits per heavy atom. The molecule has 96 valence electrons. The van der Waals surface area contributed by atoms with Gasteiger partial charge in [-0.1, -0.05) is 36.0 Å². The predicted octanol–water partition coefficient (Wildman–Crippen LogP) is 2.81. The summed E-state index contributed by atoms with van der Waals surface area (Å²) >= 11 is 1.68. The maximum atomic E-state index is 11.8. The van der Waals surface area contributed by atoms with E-state index in [1.165, 1.54) is 4.90 Å². The Morgan fingerprint density at radius 2 is 1.84 bits per heavy atom. The van der Waals surface area contributed by atoms with Crippen LogP contribution in [-0.4, -0.2) is 13.0 Å². The van der Waals surface area contributed by atoms with Gasteiger partial charge in [0.05, 0.1) is 0 Å². The summed E-state index contributed by atoms with van der Waals surface area (Å²) in [6, 6.07) is 15.6. The van der Waals surface area contributed by atoms with E-state index in [-0.39, 0.29) is 5.91 Å². The average molecular weight is 270 g/mol. The van der Waals surface area contributed by atoms with Crippen molar-refractivity contribution < 1.29 is 4.79 Å². The van der Waals surface area contributed by atoms with Crippen LogP contribution in [0.15, 0.2) is 58.3 Å². The van der Waals surface area contributed by atoms with Gasteiger partial charge in [0.25, 0.3) is 0 Å². The van der Waals surface area contributed by atoms with Crippen LogP contribution in [0.4, 0.5) is 5.69 Å². The summed E-state index contributed by atoms with van der Waals surface area (Å²) < 4.78 is 0. The van der Waals surface area contributed by atoms with E-state index in [9.17, 15) is 4.79 Å². The largest absolute Gasteiger partial charge is 0.316 e. The van der Waals surface area contributed by atoms with Gasteiger partial charge in [-0.15, -0.1) is 0 Å². The maximum absolute atomic E-state index is 11.8. The van der Waals surface area contributed by atoms with Crippen molar-refractivity contribution >= 4 is 23.4 Å². The quantitative estimate of drug-likeness (QED) is 0.912. The molecule has 0 saturated heterocycles. The number of likely N-dealkylation sites (N-methyl/N-ethyl adjacent to an activating group) is 1. The van der Waals surface area contributed by atoms with Gasteiger partial charge in [-0.25, -0.2) is 0 Å². The molecule has 2 N–H and O–H groups in total. The monoisotopic (exact) mass is 270 g/mol. The molecule has 0 fully saturated rings. The molecule has 0 radical (unpaired) electrons. The number of anilines is 1. The van der Waals surface area contributed by atoms with Crippen LogP contribution in [0.1, 0.15) is 11.6 Å². The Kier molecular flexibility index (Phi) is 3.05. The highest BCUT2D eigenvalue weighted by Crippen LogP contribution is 2.38. The van der Waals surface area contributed by atoms with Gasteiger partial charge < -0.3 is 10.6 Å². The Bertz CT molecular complexity index is 627. The van der Waals surface area contributed by atoms with Gasteiger partial charge in [0, 0.05) is 28.1 Å². The zero-order chi connectivity index (χ0) is 13.4. The molecule has 1 aliphatic rings. The number of amides is 1. The summed E-state index contributed by atoms with van der Waals surface area (Å²) in [6.07, 6.45) is 0. The summed E-state index contributed by atoms with van der Waals surface area (Å²) in [7, 11) is 1.77. The van der Waals surface area contributed by atoms with Gasteiger partial charge in [-0.2, -0.15) is 0 Å². The highest BCUT2D eigenvalue weighted by Gasteiger charge is 2.32. The lowest BCUT2D eigenvalue weighted by atomic mass is 10.1. The van der Waals surface area contributed by atoms with Gasteiger partial charge in [-0.3, -0.25) is 4.79 Å². The molecule has 3 rings (SSSR count). The number of nitrogens with zero attached hydrogens (tertiary/aromatic N) is 1. The molecule has 0 aromatic heterocycles. The van der Waals surface area contributed by atoms with E-state index < -0.39 is 6.04 Å². The lowest BCUT2D eigenvalue weighted by molar-refractivity contribution is -0.118. The second-order valence-electron chi connectivity index (χ2n) is 4.51. The fourth-order valence-electron chi connectivity index (χ4n) is 2.23. The average Bonchev–Trinajstić information content (AvgIpc) is 2.65. The third kappa shape index (κ3) is 2.13. The zero-order valence-electron chi connectivity index (χ0n) is 10.5. The number of carbonyl (C=O) groups is 1. The van der Waals surface area contributed by atoms with Crippen molar-refractivity contribution in [3.05, 3.63) is 54.1 Å². The van der Waals surface area contributed by atoms with Gasteiger partial charge in [0.15, 0.2) is 0 Å². The fraction of sp³-hybridized carbons (Fsp3) is 0.133. The number of carbonyl (C=O) groups excluding carboxylic acids is 1. The first-order valence-electron chi connectivity index (χ1n) is 6.07. The minimum Gasteiger partial charge on any atom is -0.316 e. The molecule has 1 amide bonds. The minimum atomic E-state index is -0.518. The summed E-state index contributed by atoms with van der Waals surface area (Å²) in [6.45, 7) is 0. The second-order valence-corrected chi connectivity index (χ2v) is 5.66. The van der Waals surface area contributed by atoms with Crippen LogP contribution < -0.4 is 10.6 Å². The van der Waals surface area contributed by atoms with E-state index in [0.717, 1.165) is 16.1 Å². The fourth-order valence-corrected chi connectivity index (χ4v) is 3.10. The first kappa shape index (κ1) is 12.3. The zero-order valence-corrected chi connectivity index (χ0v) is 11.4. The van der Waals surface area contributed by atoms with Crippen LogP contribution in [0, 0.1) is 0 Å². The van der Waals surface area contributed by atoms with Gasteiger partial charge in [-0.05, 0) is 24.3 Å². The Hall–Kier alpha value is -1.78. The standard InChI is InChI=1S/C15H14N2OS/c1-17-13-9-11(19-10-5-3-2-4-6-10)7-8-12(13)14(16)15(17)18/h2-9,14H,16H2,1H3. The summed E-state index contributed by atoms with van der Waals surface area (Å²) in [4.78, 5) is 15.7. The first-order valence-corrected chi connectivity index (χ1v) is 6.88. The maximum Gasteiger partial charge on any atom is 0.248 e. The van der Waals surface area contributed by atoms with Crippen LogP contribution in [0.2, 0.25) is 0 Å². The van der Waals surface area contributed by atoms with Crippen molar-refractivity contribution in [3.63, 3.8) is 0 Å². The first-order chi connectivity index (χ1) is 9.16. The third-order valence-electron chi connectivity index (χ3n) is 3.27. The number of hydrogen-bond donors (Lipinski definition) is 1. The van der Waals surface area contributed by atoms with E-state index in [1.54, 1.807) is 23.7 Å². The Morgan fingerprint density at radius 1 is 1.11 bits per heavy atom. The molecule has 2 aromatic rings. The van der Waals surface area contributed by atoms with Crippen LogP contribution in [-0.2, 0) is 4.79 Å². The Labute approximate surface area is 116 Å². The normalized spacial score (nSPS) is 17.7. The number of benzene rings is 2. The molecule has 3 nitrogen and oxygen atoms in total. The smallest absolute Gasteiger partial charge is 0.248 e. The van der Waals surface area contributed by atoms with Crippen LogP contribution in [0.5, 0.6) is 0 Å². The third-order valence-corrected chi connectivity index (χ3v) is 4.27. The van der Waals surface area contributed by atoms with Crippen molar-refractivity contribution in [1.82, 2.24) is 0 Å². The topological polar surface area (TPSA) is 46.3 Å². The molecule has 1 atom stereocenters. The minimum absolute atomic E-state index is 0.0446. The molecule has 1 aliphatic heterocycles. The lowest BCUT2D eigenvalue weighted by Gasteiger charge is -2.11. The highest BCUT2D eigenvalue weighted by molar-refractivity contribution is 7.99. The summed E-state index contributed by atoms with van der Waals surface area (Å²) in [5, 5.41) is 0. The number of fused-ring (bicyclic) bond motifs is 1. The summed E-state index contributed by atoms with van der Waals surface area (Å²) in [5.41, 5.74) is 7.71. The molecule has 0 spiro atoms. The van der Waals surface area contributed by atoms with E-state index in [2.05, 4.69) is 12.1 Å². The lowest BCUT2D eigenvalue weighted by Crippen LogP contribution is -2.27. The van der Waals surface area contributed by atoms with E-state index in [1.807, 2.05) is 36.4 Å². The van der Waals surface area contributed by atoms with Gasteiger partial charge >= 0.3 is 0 Å². The van der Waals surface area contributed by atoms with Crippen molar-refractivity contribution in [2.75, 3.05) is 11.9 Å². The number of hydrogen-bond acceptors (Lipinski definition) is 3. The van der Waals surface area contributed by atoms with Crippen molar-refractivity contribution in [1.29, 1.82) is 0 Å². The van der Waals surface area contributed by atoms with E-state index in [0.29, 0.717) is 0 Å². The number of nitrogens with two attached hydrogens (primary N) is 1. The molecular weight excluding hydrogens is 256 g/mol. The van der Waals surface area contributed by atoms with Crippen LogP contribution in [0.3, 0.4) is 0 Å². The van der Waals surface area contributed by atoms with Gasteiger partial charge in [0.2, 0.25) is 5.91 Å². The molecule has 1 unspecified atom stereocenters. The molecule has 1 heterocycles. The molecule has 0 saturated carbocycles. The Balaban J connectivity index is 1.93. The highest BCUT2D eigenvalue weighted by atomic mass is 32.2. The molecular formula is C15H14N2OS. The molecule has 4 heteroatoms. The molecule has 0 aliphatic carbocycles. The molecule has 19 heavy (non-hydrogen) atoms.